The zero-order chi connectivity index (χ0) is 17.2. The van der Waals surface area contributed by atoms with Crippen LogP contribution in [0.4, 0.5) is 15.8 Å². The Morgan fingerprint density at radius 3 is 2.22 bits per heavy atom. The Labute approximate surface area is 133 Å². The van der Waals surface area contributed by atoms with E-state index in [1.807, 2.05) is 19.0 Å². The quantitative estimate of drug-likeness (QED) is 0.874. The Morgan fingerprint density at radius 2 is 1.74 bits per heavy atom. The highest BCUT2D eigenvalue weighted by Gasteiger charge is 2.17. The van der Waals surface area contributed by atoms with Gasteiger partial charge in [0.25, 0.3) is 10.0 Å². The highest BCUT2D eigenvalue weighted by atomic mass is 32.2. The summed E-state index contributed by atoms with van der Waals surface area (Å²) >= 11 is 0. The molecule has 0 radical (unpaired) electrons. The van der Waals surface area contributed by atoms with Gasteiger partial charge < -0.3 is 10.0 Å². The van der Waals surface area contributed by atoms with Crippen molar-refractivity contribution in [1.29, 1.82) is 0 Å². The minimum Gasteiger partial charge on any atom is -0.478 e. The number of carbonyl (C=O) groups is 1. The number of carboxylic acid groups (broad SMARTS) is 1. The summed E-state index contributed by atoms with van der Waals surface area (Å²) in [7, 11) is -0.326. The third-order valence-electron chi connectivity index (χ3n) is 3.12. The van der Waals surface area contributed by atoms with Crippen LogP contribution in [0.1, 0.15) is 10.4 Å². The van der Waals surface area contributed by atoms with Gasteiger partial charge in [0.2, 0.25) is 0 Å². The first-order valence-electron chi connectivity index (χ1n) is 6.54. The lowest BCUT2D eigenvalue weighted by atomic mass is 10.2. The van der Waals surface area contributed by atoms with Gasteiger partial charge in [-0.1, -0.05) is 0 Å². The zero-order valence-electron chi connectivity index (χ0n) is 12.4. The molecule has 0 unspecified atom stereocenters. The van der Waals surface area contributed by atoms with Crippen LogP contribution >= 0.6 is 0 Å². The summed E-state index contributed by atoms with van der Waals surface area (Å²) in [4.78, 5) is 12.5. The number of rotatable bonds is 5. The van der Waals surface area contributed by atoms with Crippen molar-refractivity contribution in [3.05, 3.63) is 53.8 Å². The molecule has 23 heavy (non-hydrogen) atoms. The highest BCUT2D eigenvalue weighted by Crippen LogP contribution is 2.22. The molecule has 0 heterocycles. The second-order valence-corrected chi connectivity index (χ2v) is 6.68. The summed E-state index contributed by atoms with van der Waals surface area (Å²) in [5.74, 6) is -2.25. The van der Waals surface area contributed by atoms with E-state index in [1.165, 1.54) is 12.1 Å². The van der Waals surface area contributed by atoms with Crippen molar-refractivity contribution in [2.75, 3.05) is 23.7 Å². The first kappa shape index (κ1) is 16.8. The molecule has 122 valence electrons. The Hall–Kier alpha value is -2.61. The molecule has 0 fully saturated rings. The van der Waals surface area contributed by atoms with Crippen LogP contribution in [-0.4, -0.2) is 33.6 Å². The number of nitrogens with zero attached hydrogens (tertiary/aromatic N) is 1. The zero-order valence-corrected chi connectivity index (χ0v) is 13.3. The molecule has 0 atom stereocenters. The number of aromatic carboxylic acids is 1. The Bertz CT molecular complexity index is 833. The maximum absolute atomic E-state index is 13.8. The molecule has 6 nitrogen and oxygen atoms in total. The smallest absolute Gasteiger partial charge is 0.335 e. The van der Waals surface area contributed by atoms with Crippen molar-refractivity contribution in [3.63, 3.8) is 0 Å². The number of halogens is 1. The van der Waals surface area contributed by atoms with Crippen LogP contribution < -0.4 is 9.62 Å². The second-order valence-electron chi connectivity index (χ2n) is 4.99. The molecule has 0 aliphatic heterocycles. The minimum absolute atomic E-state index is 0.0233. The van der Waals surface area contributed by atoms with Gasteiger partial charge in [-0.3, -0.25) is 4.72 Å². The maximum atomic E-state index is 13.8. The third kappa shape index (κ3) is 3.78. The number of carboxylic acids is 1. The summed E-state index contributed by atoms with van der Waals surface area (Å²) in [5, 5.41) is 8.77. The lowest BCUT2D eigenvalue weighted by Gasteiger charge is -2.13. The van der Waals surface area contributed by atoms with Crippen molar-refractivity contribution in [3.8, 4) is 0 Å². The molecule has 0 aliphatic carbocycles. The first-order valence-corrected chi connectivity index (χ1v) is 8.02. The molecule has 0 bridgehead atoms. The summed E-state index contributed by atoms with van der Waals surface area (Å²) < 4.78 is 40.4. The predicted molar refractivity (Wildman–Crippen MR) is 84.9 cm³/mol. The summed E-state index contributed by atoms with van der Waals surface area (Å²) in [6, 6.07) is 9.01. The van der Waals surface area contributed by atoms with Crippen LogP contribution in [0.25, 0.3) is 0 Å². The van der Waals surface area contributed by atoms with Crippen LogP contribution in [0.5, 0.6) is 0 Å². The number of anilines is 2. The maximum Gasteiger partial charge on any atom is 0.335 e. The SMILES string of the molecule is CN(C)c1ccc(S(=O)(=O)Nc2ccc(C(=O)O)cc2F)cc1. The lowest BCUT2D eigenvalue weighted by Crippen LogP contribution is -2.15. The van der Waals surface area contributed by atoms with E-state index < -0.39 is 21.8 Å². The summed E-state index contributed by atoms with van der Waals surface area (Å²) in [6.07, 6.45) is 0. The highest BCUT2D eigenvalue weighted by molar-refractivity contribution is 7.92. The molecule has 0 amide bonds. The number of hydrogen-bond donors (Lipinski definition) is 2. The minimum atomic E-state index is -3.97. The molecule has 0 spiro atoms. The summed E-state index contributed by atoms with van der Waals surface area (Å²) in [5.41, 5.74) is 0.244. The van der Waals surface area contributed by atoms with Crippen LogP contribution in [0, 0.1) is 5.82 Å². The molecule has 0 saturated carbocycles. The van der Waals surface area contributed by atoms with Crippen LogP contribution in [-0.2, 0) is 10.0 Å². The predicted octanol–water partition coefficient (Wildman–Crippen LogP) is 2.39. The van der Waals surface area contributed by atoms with Gasteiger partial charge in [-0.25, -0.2) is 17.6 Å². The fraction of sp³-hybridized carbons (Fsp3) is 0.133. The number of benzene rings is 2. The standard InChI is InChI=1S/C15H15FN2O4S/c1-18(2)11-4-6-12(7-5-11)23(21,22)17-14-8-3-10(15(19)20)9-13(14)16/h3-9,17H,1-2H3,(H,19,20). The Kier molecular flexibility index (Phi) is 4.55. The Morgan fingerprint density at radius 1 is 1.13 bits per heavy atom. The average Bonchev–Trinajstić information content (AvgIpc) is 2.49. The largest absolute Gasteiger partial charge is 0.478 e. The molecule has 2 rings (SSSR count). The molecule has 0 saturated heterocycles. The molecule has 2 aromatic carbocycles. The molecular formula is C15H15FN2O4S. The third-order valence-corrected chi connectivity index (χ3v) is 4.51. The van der Waals surface area contributed by atoms with E-state index in [4.69, 9.17) is 5.11 Å². The van der Waals surface area contributed by atoms with E-state index in [9.17, 15) is 17.6 Å². The van der Waals surface area contributed by atoms with E-state index in [0.29, 0.717) is 0 Å². The van der Waals surface area contributed by atoms with Gasteiger partial charge in [0, 0.05) is 19.8 Å². The van der Waals surface area contributed by atoms with Gasteiger partial charge in [0.1, 0.15) is 5.82 Å². The molecule has 2 aromatic rings. The fourth-order valence-electron chi connectivity index (χ4n) is 1.86. The van der Waals surface area contributed by atoms with Gasteiger partial charge in [-0.2, -0.15) is 0 Å². The number of hydrogen-bond acceptors (Lipinski definition) is 4. The summed E-state index contributed by atoms with van der Waals surface area (Å²) in [6.45, 7) is 0. The molecule has 8 heteroatoms. The van der Waals surface area contributed by atoms with Crippen molar-refractivity contribution >= 4 is 27.4 Å². The number of sulfonamides is 1. The van der Waals surface area contributed by atoms with Crippen molar-refractivity contribution in [2.24, 2.45) is 0 Å². The topological polar surface area (TPSA) is 86.7 Å². The van der Waals surface area contributed by atoms with Crippen molar-refractivity contribution in [1.82, 2.24) is 0 Å². The van der Waals surface area contributed by atoms with E-state index in [0.717, 1.165) is 23.9 Å². The van der Waals surface area contributed by atoms with Gasteiger partial charge in [0.05, 0.1) is 16.1 Å². The molecule has 0 aliphatic rings. The lowest BCUT2D eigenvalue weighted by molar-refractivity contribution is 0.0696. The fourth-order valence-corrected chi connectivity index (χ4v) is 2.93. The monoisotopic (exact) mass is 338 g/mol. The van der Waals surface area contributed by atoms with Crippen LogP contribution in [0.2, 0.25) is 0 Å². The molecule has 2 N–H and O–H groups in total. The Balaban J connectivity index is 2.29. The number of nitrogens with one attached hydrogen (secondary N) is 1. The van der Waals surface area contributed by atoms with Crippen molar-refractivity contribution in [2.45, 2.75) is 4.90 Å². The van der Waals surface area contributed by atoms with Gasteiger partial charge >= 0.3 is 5.97 Å². The average molecular weight is 338 g/mol. The van der Waals surface area contributed by atoms with Crippen LogP contribution in [0.3, 0.4) is 0 Å². The van der Waals surface area contributed by atoms with Crippen LogP contribution in [0.15, 0.2) is 47.4 Å². The van der Waals surface area contributed by atoms with Gasteiger partial charge in [-0.15, -0.1) is 0 Å². The first-order chi connectivity index (χ1) is 10.7. The normalized spacial score (nSPS) is 11.1. The van der Waals surface area contributed by atoms with E-state index in [1.54, 1.807) is 12.1 Å². The molecular weight excluding hydrogens is 323 g/mol. The van der Waals surface area contributed by atoms with Crippen molar-refractivity contribution < 1.29 is 22.7 Å². The second kappa shape index (κ2) is 6.25. The van der Waals surface area contributed by atoms with Gasteiger partial charge in [-0.05, 0) is 42.5 Å². The van der Waals surface area contributed by atoms with E-state index in [2.05, 4.69) is 4.72 Å². The van der Waals surface area contributed by atoms with Gasteiger partial charge in [0.15, 0.2) is 0 Å². The van der Waals surface area contributed by atoms with E-state index >= 15 is 0 Å². The van der Waals surface area contributed by atoms with E-state index in [-0.39, 0.29) is 16.1 Å². The molecule has 0 aromatic heterocycles.